The Morgan fingerprint density at radius 1 is 1.00 bits per heavy atom. The van der Waals surface area contributed by atoms with Gasteiger partial charge in [0.05, 0.1) is 22.6 Å². The van der Waals surface area contributed by atoms with Gasteiger partial charge in [-0.15, -0.1) is 0 Å². The third-order valence-electron chi connectivity index (χ3n) is 5.12. The molecule has 0 aliphatic rings. The lowest BCUT2D eigenvalue weighted by molar-refractivity contribution is -0.116. The van der Waals surface area contributed by atoms with Gasteiger partial charge in [-0.1, -0.05) is 74.6 Å². The summed E-state index contributed by atoms with van der Waals surface area (Å²) in [6.45, 7) is 15.4. The fourth-order valence-electron chi connectivity index (χ4n) is 3.19. The summed E-state index contributed by atoms with van der Waals surface area (Å²) in [5.74, 6) is 0.966. The zero-order valence-electron chi connectivity index (χ0n) is 25.8. The highest BCUT2D eigenvalue weighted by molar-refractivity contribution is 7.22. The second-order valence-electron chi connectivity index (χ2n) is 8.45. The van der Waals surface area contributed by atoms with Gasteiger partial charge in [0.15, 0.2) is 16.7 Å². The second-order valence-corrected chi connectivity index (χ2v) is 9.48. The van der Waals surface area contributed by atoms with E-state index in [-0.39, 0.29) is 18.1 Å². The van der Waals surface area contributed by atoms with Crippen LogP contribution in [0.15, 0.2) is 77.3 Å². The minimum atomic E-state index is 0.0575. The number of hydrogen-bond acceptors (Lipinski definition) is 7. The van der Waals surface area contributed by atoms with Crippen LogP contribution in [-0.4, -0.2) is 41.8 Å². The first-order valence-electron chi connectivity index (χ1n) is 13.9. The predicted octanol–water partition coefficient (Wildman–Crippen LogP) is 8.09. The number of aliphatic imine (C=N–C) groups is 1. The van der Waals surface area contributed by atoms with Crippen LogP contribution in [0.5, 0.6) is 0 Å². The molecule has 7 nitrogen and oxygen atoms in total. The Morgan fingerprint density at radius 3 is 2.17 bits per heavy atom. The molecule has 41 heavy (non-hydrogen) atoms. The van der Waals surface area contributed by atoms with Crippen molar-refractivity contribution in [3.05, 3.63) is 77.9 Å². The summed E-state index contributed by atoms with van der Waals surface area (Å²) in [7, 11) is 0. The first-order chi connectivity index (χ1) is 19.7. The second kappa shape index (κ2) is 22.9. The van der Waals surface area contributed by atoms with E-state index >= 15 is 0 Å². The first kappa shape index (κ1) is 37.1. The number of allylic oxidation sites excluding steroid dienone is 4. The Kier molecular flexibility index (Phi) is 20.7. The molecule has 2 aromatic carbocycles. The van der Waals surface area contributed by atoms with Crippen molar-refractivity contribution in [1.29, 1.82) is 0 Å². The number of carbonyl (C=O) groups excluding carboxylic acids is 3. The van der Waals surface area contributed by atoms with Crippen molar-refractivity contribution in [3.63, 3.8) is 0 Å². The van der Waals surface area contributed by atoms with Crippen molar-refractivity contribution in [2.45, 2.75) is 68.2 Å². The molecule has 0 unspecified atom stereocenters. The van der Waals surface area contributed by atoms with Gasteiger partial charge in [0.1, 0.15) is 6.29 Å². The number of hydrogen-bond donors (Lipinski definition) is 2. The summed E-state index contributed by atoms with van der Waals surface area (Å²) < 4.78 is 1.20. The highest BCUT2D eigenvalue weighted by Gasteiger charge is 2.03. The topological polar surface area (TPSA) is 101 Å². The molecule has 0 bridgehead atoms. The molecule has 1 aromatic heterocycles. The third-order valence-corrected chi connectivity index (χ3v) is 6.12. The number of Topliss-reactive ketones (excluding diaryl/α,β-unsaturated/α-hetero) is 2. The van der Waals surface area contributed by atoms with Crippen LogP contribution in [0.1, 0.15) is 67.4 Å². The molecule has 0 aliphatic heterocycles. The molecule has 8 heteroatoms. The van der Waals surface area contributed by atoms with Crippen molar-refractivity contribution < 1.29 is 14.4 Å². The van der Waals surface area contributed by atoms with Gasteiger partial charge in [-0.25, -0.2) is 4.98 Å². The van der Waals surface area contributed by atoms with Crippen LogP contribution in [0.4, 0.5) is 10.8 Å². The minimum absolute atomic E-state index is 0.0575. The first-order valence-corrected chi connectivity index (χ1v) is 14.7. The Morgan fingerprint density at radius 2 is 1.63 bits per heavy atom. The fraction of sp³-hybridized carbons (Fsp3) is 0.364. The lowest BCUT2D eigenvalue weighted by Crippen LogP contribution is -2.10. The summed E-state index contributed by atoms with van der Waals surface area (Å²) in [5.41, 5.74) is 4.15. The molecule has 3 aromatic rings. The van der Waals surface area contributed by atoms with E-state index in [9.17, 15) is 9.59 Å². The number of fused-ring (bicyclic) bond motifs is 1. The summed E-state index contributed by atoms with van der Waals surface area (Å²) in [6, 6.07) is 16.4. The summed E-state index contributed by atoms with van der Waals surface area (Å²) in [4.78, 5) is 39.3. The maximum atomic E-state index is 11.0. The molecule has 0 fully saturated rings. The zero-order chi connectivity index (χ0) is 31.0. The van der Waals surface area contributed by atoms with Crippen molar-refractivity contribution >= 4 is 56.1 Å². The standard InChI is InChI=1S/C20H22N4OS.C9H14O.C2H4O.C2H6/c1-14(25)13-22-15(2)23-17-9-7-16(8-10-17)11-12-21-20-24-18-5-3-4-6-19(18)26-20;1-4-6-7-9(5-2)8(3)10;1-2-3;1-2/h3-10H,11-13H2,1-2H3,(H,21,24)(H,22,23);4,6-7H,5H2,1-3H3;2H,1H3;1-2H3/b;6-4-,9-7+;;. The number of carbonyl (C=O) groups is 3. The quantitative estimate of drug-likeness (QED) is 0.0829. The molecular formula is C33H46N4O3S. The largest absolute Gasteiger partial charge is 0.361 e. The maximum absolute atomic E-state index is 11.0. The monoisotopic (exact) mass is 578 g/mol. The number of benzene rings is 2. The van der Waals surface area contributed by atoms with E-state index in [1.807, 2.05) is 83.2 Å². The molecule has 0 saturated carbocycles. The van der Waals surface area contributed by atoms with Gasteiger partial charge in [0.25, 0.3) is 0 Å². The molecule has 3 rings (SSSR count). The summed E-state index contributed by atoms with van der Waals surface area (Å²) in [5, 5.41) is 7.55. The van der Waals surface area contributed by atoms with E-state index in [4.69, 9.17) is 4.79 Å². The van der Waals surface area contributed by atoms with E-state index in [2.05, 4.69) is 38.8 Å². The highest BCUT2D eigenvalue weighted by Crippen LogP contribution is 2.25. The van der Waals surface area contributed by atoms with Crippen LogP contribution in [0.2, 0.25) is 0 Å². The number of anilines is 2. The molecule has 1 heterocycles. The number of amidine groups is 1. The molecule has 0 radical (unpaired) electrons. The average molecular weight is 579 g/mol. The van der Waals surface area contributed by atoms with Crippen molar-refractivity contribution in [3.8, 4) is 0 Å². The Bertz CT molecular complexity index is 1240. The number of thiazole rings is 1. The van der Waals surface area contributed by atoms with Crippen LogP contribution in [0.25, 0.3) is 10.2 Å². The summed E-state index contributed by atoms with van der Waals surface area (Å²) >= 11 is 1.68. The van der Waals surface area contributed by atoms with E-state index in [1.165, 1.54) is 24.1 Å². The van der Waals surface area contributed by atoms with Gasteiger partial charge in [0.2, 0.25) is 0 Å². The number of para-hydroxylation sites is 1. The van der Waals surface area contributed by atoms with E-state index < -0.39 is 0 Å². The van der Waals surface area contributed by atoms with E-state index in [0.717, 1.165) is 53.4 Å². The molecule has 0 spiro atoms. The van der Waals surface area contributed by atoms with Gasteiger partial charge in [0, 0.05) is 12.2 Å². The zero-order valence-corrected chi connectivity index (χ0v) is 26.6. The fourth-order valence-corrected chi connectivity index (χ4v) is 4.08. The lowest BCUT2D eigenvalue weighted by atomic mass is 10.1. The number of aldehydes is 1. The Balaban J connectivity index is 0.000000894. The summed E-state index contributed by atoms with van der Waals surface area (Å²) in [6.07, 6.45) is 8.16. The molecule has 0 saturated heterocycles. The molecule has 0 amide bonds. The maximum Gasteiger partial charge on any atom is 0.183 e. The lowest BCUT2D eigenvalue weighted by Gasteiger charge is -2.07. The molecule has 2 N–H and O–H groups in total. The van der Waals surface area contributed by atoms with Gasteiger partial charge >= 0.3 is 0 Å². The van der Waals surface area contributed by atoms with E-state index in [0.29, 0.717) is 0 Å². The smallest absolute Gasteiger partial charge is 0.183 e. The molecule has 0 aliphatic carbocycles. The van der Waals surface area contributed by atoms with Crippen LogP contribution < -0.4 is 10.6 Å². The average Bonchev–Trinajstić information content (AvgIpc) is 3.38. The van der Waals surface area contributed by atoms with Crippen LogP contribution in [0, 0.1) is 0 Å². The van der Waals surface area contributed by atoms with Crippen molar-refractivity contribution in [2.24, 2.45) is 4.99 Å². The predicted molar refractivity (Wildman–Crippen MR) is 177 cm³/mol. The van der Waals surface area contributed by atoms with Gasteiger partial charge in [-0.3, -0.25) is 14.6 Å². The van der Waals surface area contributed by atoms with Gasteiger partial charge in [-0.2, -0.15) is 0 Å². The van der Waals surface area contributed by atoms with Crippen LogP contribution in [0.3, 0.4) is 0 Å². The number of ketones is 2. The van der Waals surface area contributed by atoms with Crippen molar-refractivity contribution in [2.75, 3.05) is 23.7 Å². The number of nitrogens with one attached hydrogen (secondary N) is 2. The minimum Gasteiger partial charge on any atom is -0.361 e. The Labute approximate surface area is 249 Å². The van der Waals surface area contributed by atoms with Crippen molar-refractivity contribution in [1.82, 2.24) is 4.98 Å². The number of aromatic nitrogens is 1. The molecular weight excluding hydrogens is 532 g/mol. The van der Waals surface area contributed by atoms with Crippen LogP contribution in [-0.2, 0) is 20.8 Å². The SMILES string of the molecule is C/C=C\C=C(/CC)C(C)=O.CC.CC(=O)CN=C(C)Nc1ccc(CCNc2nc3ccccc3s2)cc1.CC=O. The number of rotatable bonds is 10. The normalized spacial score (nSPS) is 10.8. The third kappa shape index (κ3) is 16.7. The molecule has 222 valence electrons. The van der Waals surface area contributed by atoms with Gasteiger partial charge < -0.3 is 15.4 Å². The van der Waals surface area contributed by atoms with Gasteiger partial charge in [-0.05, 0) is 82.9 Å². The number of nitrogens with zero attached hydrogens (tertiary/aromatic N) is 2. The Hall–Kier alpha value is -3.91. The highest BCUT2D eigenvalue weighted by atomic mass is 32.1. The molecule has 0 atom stereocenters. The van der Waals surface area contributed by atoms with E-state index in [1.54, 1.807) is 18.3 Å². The van der Waals surface area contributed by atoms with Crippen LogP contribution >= 0.6 is 11.3 Å².